The van der Waals surface area contributed by atoms with Crippen molar-refractivity contribution in [2.45, 2.75) is 31.9 Å². The second-order valence-corrected chi connectivity index (χ2v) is 5.13. The van der Waals surface area contributed by atoms with Gasteiger partial charge in [0.05, 0.1) is 19.8 Å². The molecule has 0 saturated carbocycles. The van der Waals surface area contributed by atoms with Gasteiger partial charge in [-0.3, -0.25) is 4.79 Å². The van der Waals surface area contributed by atoms with Crippen molar-refractivity contribution in [1.29, 1.82) is 0 Å². The average molecular weight is 265 g/mol. The number of hydrogen-bond donors (Lipinski definition) is 3. The van der Waals surface area contributed by atoms with Gasteiger partial charge in [0.15, 0.2) is 0 Å². The molecule has 0 saturated heterocycles. The fraction of sp³-hybridized carbons (Fsp3) is 0.909. The SMILES string of the molecule is CCCNC(C)(CSCC(O)CO)C(=O)OC. The van der Waals surface area contributed by atoms with Gasteiger partial charge in [0.1, 0.15) is 5.54 Å². The Hall–Kier alpha value is -0.300. The molecule has 0 aliphatic rings. The van der Waals surface area contributed by atoms with Crippen LogP contribution in [-0.4, -0.2) is 59.6 Å². The van der Waals surface area contributed by atoms with E-state index in [1.54, 1.807) is 6.92 Å². The first-order chi connectivity index (χ1) is 8.00. The van der Waals surface area contributed by atoms with E-state index in [4.69, 9.17) is 9.84 Å². The predicted octanol–water partition coefficient (Wildman–Crippen LogP) is 0.00410. The van der Waals surface area contributed by atoms with Crippen LogP contribution in [0.4, 0.5) is 0 Å². The molecule has 0 heterocycles. The lowest BCUT2D eigenvalue weighted by molar-refractivity contribution is -0.146. The summed E-state index contributed by atoms with van der Waals surface area (Å²) < 4.78 is 4.77. The first-order valence-corrected chi connectivity index (χ1v) is 6.85. The fourth-order valence-corrected chi connectivity index (χ4v) is 2.38. The number of thioether (sulfide) groups is 1. The molecule has 2 unspecified atom stereocenters. The number of carbonyl (C=O) groups is 1. The number of rotatable bonds is 9. The fourth-order valence-electron chi connectivity index (χ4n) is 1.26. The molecule has 0 spiro atoms. The molecule has 3 N–H and O–H groups in total. The standard InChI is InChI=1S/C11H23NO4S/c1-4-5-12-11(2,10(15)16-3)8-17-7-9(14)6-13/h9,12-14H,4-8H2,1-3H3. The van der Waals surface area contributed by atoms with Gasteiger partial charge in [0.25, 0.3) is 0 Å². The first kappa shape index (κ1) is 16.7. The lowest BCUT2D eigenvalue weighted by Gasteiger charge is -2.27. The van der Waals surface area contributed by atoms with E-state index in [1.807, 2.05) is 6.92 Å². The van der Waals surface area contributed by atoms with Gasteiger partial charge in [-0.25, -0.2) is 0 Å². The van der Waals surface area contributed by atoms with E-state index < -0.39 is 11.6 Å². The normalized spacial score (nSPS) is 16.3. The molecule has 0 aliphatic carbocycles. The van der Waals surface area contributed by atoms with Crippen LogP contribution in [0.25, 0.3) is 0 Å². The van der Waals surface area contributed by atoms with Gasteiger partial charge < -0.3 is 20.3 Å². The number of hydrogen-bond acceptors (Lipinski definition) is 6. The van der Waals surface area contributed by atoms with Gasteiger partial charge >= 0.3 is 5.97 Å². The number of ether oxygens (including phenoxy) is 1. The van der Waals surface area contributed by atoms with Crippen molar-refractivity contribution in [1.82, 2.24) is 5.32 Å². The quantitative estimate of drug-likeness (QED) is 0.510. The third kappa shape index (κ3) is 6.26. The predicted molar refractivity (Wildman–Crippen MR) is 69.1 cm³/mol. The molecule has 0 aliphatic heterocycles. The maximum Gasteiger partial charge on any atom is 0.326 e. The van der Waals surface area contributed by atoms with Crippen LogP contribution in [0.3, 0.4) is 0 Å². The highest BCUT2D eigenvalue weighted by molar-refractivity contribution is 7.99. The molecule has 0 rings (SSSR count). The summed E-state index contributed by atoms with van der Waals surface area (Å²) in [6.07, 6.45) is 0.185. The van der Waals surface area contributed by atoms with Crippen molar-refractivity contribution >= 4 is 17.7 Å². The van der Waals surface area contributed by atoms with E-state index in [2.05, 4.69) is 5.32 Å². The van der Waals surface area contributed by atoms with E-state index in [1.165, 1.54) is 18.9 Å². The molecule has 0 amide bonds. The zero-order valence-electron chi connectivity index (χ0n) is 10.7. The van der Waals surface area contributed by atoms with Crippen molar-refractivity contribution in [3.8, 4) is 0 Å². The Kier molecular flexibility index (Phi) is 8.59. The van der Waals surface area contributed by atoms with Crippen molar-refractivity contribution in [2.24, 2.45) is 0 Å². The molecule has 102 valence electrons. The van der Waals surface area contributed by atoms with Gasteiger partial charge in [-0.2, -0.15) is 11.8 Å². The summed E-state index contributed by atoms with van der Waals surface area (Å²) >= 11 is 1.41. The van der Waals surface area contributed by atoms with Crippen LogP contribution in [0.2, 0.25) is 0 Å². The number of aliphatic hydroxyl groups is 2. The van der Waals surface area contributed by atoms with E-state index in [0.717, 1.165) is 13.0 Å². The van der Waals surface area contributed by atoms with E-state index in [0.29, 0.717) is 11.5 Å². The van der Waals surface area contributed by atoms with Crippen LogP contribution in [0, 0.1) is 0 Å². The zero-order chi connectivity index (χ0) is 13.3. The highest BCUT2D eigenvalue weighted by Gasteiger charge is 2.33. The summed E-state index contributed by atoms with van der Waals surface area (Å²) in [5.74, 6) is 0.588. The number of carbonyl (C=O) groups excluding carboxylic acids is 1. The zero-order valence-corrected chi connectivity index (χ0v) is 11.5. The van der Waals surface area contributed by atoms with E-state index in [9.17, 15) is 9.90 Å². The van der Waals surface area contributed by atoms with E-state index >= 15 is 0 Å². The Balaban J connectivity index is 4.23. The molecular formula is C11H23NO4S. The second-order valence-electron chi connectivity index (χ2n) is 4.10. The minimum absolute atomic E-state index is 0.260. The monoisotopic (exact) mass is 265 g/mol. The molecule has 0 fully saturated rings. The topological polar surface area (TPSA) is 78.8 Å². The van der Waals surface area contributed by atoms with Crippen LogP contribution in [-0.2, 0) is 9.53 Å². The highest BCUT2D eigenvalue weighted by Crippen LogP contribution is 2.16. The van der Waals surface area contributed by atoms with E-state index in [-0.39, 0.29) is 12.6 Å². The van der Waals surface area contributed by atoms with Crippen molar-refractivity contribution in [2.75, 3.05) is 31.8 Å². The Labute approximate surface area is 107 Å². The summed E-state index contributed by atoms with van der Waals surface area (Å²) in [4.78, 5) is 11.7. The van der Waals surface area contributed by atoms with Crippen LogP contribution in [0.1, 0.15) is 20.3 Å². The minimum atomic E-state index is -0.745. The summed E-state index contributed by atoms with van der Waals surface area (Å²) in [5, 5.41) is 21.1. The molecule has 0 aromatic rings. The molecule has 0 bridgehead atoms. The van der Waals surface area contributed by atoms with Gasteiger partial charge in [0, 0.05) is 11.5 Å². The maximum absolute atomic E-state index is 11.7. The molecule has 0 radical (unpaired) electrons. The first-order valence-electron chi connectivity index (χ1n) is 5.70. The van der Waals surface area contributed by atoms with Gasteiger partial charge in [-0.1, -0.05) is 6.92 Å². The molecule has 17 heavy (non-hydrogen) atoms. The maximum atomic E-state index is 11.7. The smallest absolute Gasteiger partial charge is 0.326 e. The number of esters is 1. The molecule has 0 aromatic heterocycles. The molecular weight excluding hydrogens is 242 g/mol. The van der Waals surface area contributed by atoms with Crippen LogP contribution < -0.4 is 5.32 Å². The molecule has 2 atom stereocenters. The number of aliphatic hydroxyl groups excluding tert-OH is 2. The highest BCUT2D eigenvalue weighted by atomic mass is 32.2. The summed E-state index contributed by atoms with van der Waals surface area (Å²) in [6, 6.07) is 0. The van der Waals surface area contributed by atoms with Crippen LogP contribution >= 0.6 is 11.8 Å². The Morgan fingerprint density at radius 2 is 2.24 bits per heavy atom. The molecule has 6 heteroatoms. The van der Waals surface area contributed by atoms with Crippen LogP contribution in [0.5, 0.6) is 0 Å². The second kappa shape index (κ2) is 8.74. The number of nitrogens with one attached hydrogen (secondary N) is 1. The van der Waals surface area contributed by atoms with Crippen molar-refractivity contribution in [3.05, 3.63) is 0 Å². The Bertz CT molecular complexity index is 228. The molecule has 0 aromatic carbocycles. The van der Waals surface area contributed by atoms with Gasteiger partial charge in [0.2, 0.25) is 0 Å². The number of methoxy groups -OCH3 is 1. The summed E-state index contributed by atoms with van der Waals surface area (Å²) in [6.45, 7) is 4.28. The summed E-state index contributed by atoms with van der Waals surface area (Å²) in [5.41, 5.74) is -0.745. The Morgan fingerprint density at radius 1 is 1.59 bits per heavy atom. The molecule has 5 nitrogen and oxygen atoms in total. The lowest BCUT2D eigenvalue weighted by Crippen LogP contribution is -2.52. The van der Waals surface area contributed by atoms with Gasteiger partial charge in [-0.05, 0) is 19.9 Å². The largest absolute Gasteiger partial charge is 0.468 e. The van der Waals surface area contributed by atoms with Gasteiger partial charge in [-0.15, -0.1) is 0 Å². The Morgan fingerprint density at radius 3 is 2.71 bits per heavy atom. The third-order valence-corrected chi connectivity index (χ3v) is 3.71. The van der Waals surface area contributed by atoms with Crippen LogP contribution in [0.15, 0.2) is 0 Å². The minimum Gasteiger partial charge on any atom is -0.468 e. The lowest BCUT2D eigenvalue weighted by atomic mass is 10.1. The summed E-state index contributed by atoms with van der Waals surface area (Å²) in [7, 11) is 1.36. The van der Waals surface area contributed by atoms with Crippen molar-refractivity contribution < 1.29 is 19.7 Å². The average Bonchev–Trinajstić information content (AvgIpc) is 2.34. The third-order valence-electron chi connectivity index (χ3n) is 2.31. The van der Waals surface area contributed by atoms with Crippen molar-refractivity contribution in [3.63, 3.8) is 0 Å².